The zero-order valence-electron chi connectivity index (χ0n) is 12.7. The van der Waals surface area contributed by atoms with Crippen molar-refractivity contribution in [3.05, 3.63) is 35.9 Å². The monoisotopic (exact) mass is 313 g/mol. The second kappa shape index (κ2) is 7.04. The highest BCUT2D eigenvalue weighted by Gasteiger charge is 2.30. The van der Waals surface area contributed by atoms with E-state index in [1.165, 1.54) is 0 Å². The van der Waals surface area contributed by atoms with E-state index in [2.05, 4.69) is 4.72 Å². The molecule has 0 saturated carbocycles. The summed E-state index contributed by atoms with van der Waals surface area (Å²) >= 11 is 0. The molecule has 0 aromatic heterocycles. The summed E-state index contributed by atoms with van der Waals surface area (Å²) in [5.74, 6) is -1.17. The number of nitrogens with one attached hydrogen (secondary N) is 1. The largest absolute Gasteiger partial charge is 0.481 e. The first-order valence-electron chi connectivity index (χ1n) is 6.88. The standard InChI is InChI=1S/C15H23NO4S/c1-15(2,3)14(12-8-5-4-6-9-12)16-21(19,20)11-7-10-13(17)18/h4-6,8-9,14,16H,7,10-11H2,1-3H3,(H,17,18). The number of aliphatic carboxylic acids is 1. The van der Waals surface area contributed by atoms with Crippen LogP contribution in [0.3, 0.4) is 0 Å². The van der Waals surface area contributed by atoms with E-state index in [1.807, 2.05) is 51.1 Å². The summed E-state index contributed by atoms with van der Waals surface area (Å²) in [6, 6.07) is 9.03. The number of sulfonamides is 1. The first kappa shape index (κ1) is 17.7. The fourth-order valence-corrected chi connectivity index (χ4v) is 3.53. The summed E-state index contributed by atoms with van der Waals surface area (Å²) in [5, 5.41) is 8.58. The number of carboxylic acid groups (broad SMARTS) is 1. The van der Waals surface area contributed by atoms with Crippen molar-refractivity contribution < 1.29 is 18.3 Å². The molecule has 0 fully saturated rings. The summed E-state index contributed by atoms with van der Waals surface area (Å²) in [6.07, 6.45) is -0.0389. The Morgan fingerprint density at radius 3 is 2.29 bits per heavy atom. The van der Waals surface area contributed by atoms with E-state index >= 15 is 0 Å². The van der Waals surface area contributed by atoms with Gasteiger partial charge in [-0.05, 0) is 17.4 Å². The summed E-state index contributed by atoms with van der Waals surface area (Å²) in [5.41, 5.74) is 0.605. The molecule has 1 atom stereocenters. The molecule has 0 saturated heterocycles. The lowest BCUT2D eigenvalue weighted by atomic mass is 9.83. The van der Waals surface area contributed by atoms with Crippen molar-refractivity contribution in [2.75, 3.05) is 5.75 Å². The van der Waals surface area contributed by atoms with E-state index in [1.54, 1.807) is 0 Å². The van der Waals surface area contributed by atoms with Crippen molar-refractivity contribution in [2.45, 2.75) is 39.7 Å². The predicted molar refractivity (Wildman–Crippen MR) is 82.4 cm³/mol. The summed E-state index contributed by atoms with van der Waals surface area (Å²) in [7, 11) is -3.52. The lowest BCUT2D eigenvalue weighted by molar-refractivity contribution is -0.137. The average Bonchev–Trinajstić information content (AvgIpc) is 2.35. The molecule has 2 N–H and O–H groups in total. The van der Waals surface area contributed by atoms with Crippen molar-refractivity contribution in [3.63, 3.8) is 0 Å². The summed E-state index contributed by atoms with van der Waals surface area (Å²) < 4.78 is 27.0. The third-order valence-corrected chi connectivity index (χ3v) is 4.52. The molecule has 0 aliphatic carbocycles. The zero-order valence-corrected chi connectivity index (χ0v) is 13.5. The molecule has 21 heavy (non-hydrogen) atoms. The molecule has 1 unspecified atom stereocenters. The molecule has 5 nitrogen and oxygen atoms in total. The van der Waals surface area contributed by atoms with E-state index in [-0.39, 0.29) is 30.1 Å². The van der Waals surface area contributed by atoms with Gasteiger partial charge < -0.3 is 5.11 Å². The Kier molecular flexibility index (Phi) is 5.92. The average molecular weight is 313 g/mol. The van der Waals surface area contributed by atoms with Crippen molar-refractivity contribution >= 4 is 16.0 Å². The second-order valence-electron chi connectivity index (χ2n) is 6.14. The van der Waals surface area contributed by atoms with Gasteiger partial charge in [-0.3, -0.25) is 4.79 Å². The van der Waals surface area contributed by atoms with Crippen LogP contribution >= 0.6 is 0 Å². The molecule has 0 radical (unpaired) electrons. The van der Waals surface area contributed by atoms with Crippen LogP contribution in [0.1, 0.15) is 45.2 Å². The van der Waals surface area contributed by atoms with E-state index < -0.39 is 16.0 Å². The predicted octanol–water partition coefficient (Wildman–Crippen LogP) is 2.56. The van der Waals surface area contributed by atoms with Crippen LogP contribution in [0, 0.1) is 5.41 Å². The molecular formula is C15H23NO4S. The van der Waals surface area contributed by atoms with Crippen LogP contribution in [0.2, 0.25) is 0 Å². The normalized spacial score (nSPS) is 13.9. The van der Waals surface area contributed by atoms with Crippen molar-refractivity contribution in [1.82, 2.24) is 4.72 Å². The second-order valence-corrected chi connectivity index (χ2v) is 8.02. The highest BCUT2D eigenvalue weighted by Crippen LogP contribution is 2.33. The Hall–Kier alpha value is -1.40. The number of carboxylic acids is 1. The highest BCUT2D eigenvalue weighted by molar-refractivity contribution is 7.89. The maximum absolute atomic E-state index is 12.1. The van der Waals surface area contributed by atoms with Gasteiger partial charge in [0.15, 0.2) is 0 Å². The van der Waals surface area contributed by atoms with Gasteiger partial charge in [0.2, 0.25) is 10.0 Å². The van der Waals surface area contributed by atoms with E-state index in [0.29, 0.717) is 0 Å². The van der Waals surface area contributed by atoms with Crippen LogP contribution in [0.15, 0.2) is 30.3 Å². The molecule has 6 heteroatoms. The van der Waals surface area contributed by atoms with E-state index in [0.717, 1.165) is 5.56 Å². The number of rotatable bonds is 7. The Balaban J connectivity index is 2.85. The molecule has 0 amide bonds. The van der Waals surface area contributed by atoms with E-state index in [9.17, 15) is 13.2 Å². The lowest BCUT2D eigenvalue weighted by Crippen LogP contribution is -2.37. The minimum absolute atomic E-state index is 0.107. The fraction of sp³-hybridized carbons (Fsp3) is 0.533. The fourth-order valence-electron chi connectivity index (χ4n) is 2.04. The molecule has 1 aromatic rings. The van der Waals surface area contributed by atoms with Crippen molar-refractivity contribution in [3.8, 4) is 0 Å². The van der Waals surface area contributed by atoms with Gasteiger partial charge in [-0.15, -0.1) is 0 Å². The quantitative estimate of drug-likeness (QED) is 0.810. The number of hydrogen-bond acceptors (Lipinski definition) is 3. The Bertz CT molecular complexity index is 561. The van der Waals surface area contributed by atoms with Gasteiger partial charge in [0, 0.05) is 6.42 Å². The van der Waals surface area contributed by atoms with Gasteiger partial charge in [-0.1, -0.05) is 51.1 Å². The van der Waals surface area contributed by atoms with Crippen molar-refractivity contribution in [2.24, 2.45) is 5.41 Å². The van der Waals surface area contributed by atoms with Crippen LogP contribution in [-0.2, 0) is 14.8 Å². The molecule has 1 aromatic carbocycles. The third-order valence-electron chi connectivity index (χ3n) is 3.10. The third kappa shape index (κ3) is 6.27. The molecule has 0 heterocycles. The lowest BCUT2D eigenvalue weighted by Gasteiger charge is -2.31. The molecule has 0 spiro atoms. The van der Waals surface area contributed by atoms with Crippen LogP contribution in [0.25, 0.3) is 0 Å². The maximum atomic E-state index is 12.1. The molecule has 0 aliphatic heterocycles. The SMILES string of the molecule is CC(C)(C)C(NS(=O)(=O)CCCC(=O)O)c1ccccc1. The topological polar surface area (TPSA) is 83.5 Å². The number of carbonyl (C=O) groups is 1. The minimum Gasteiger partial charge on any atom is -0.481 e. The first-order chi connectivity index (χ1) is 9.62. The smallest absolute Gasteiger partial charge is 0.303 e. The summed E-state index contributed by atoms with van der Waals surface area (Å²) in [6.45, 7) is 5.89. The van der Waals surface area contributed by atoms with Gasteiger partial charge in [-0.2, -0.15) is 0 Å². The number of benzene rings is 1. The summed E-state index contributed by atoms with van der Waals surface area (Å²) in [4.78, 5) is 10.5. The Morgan fingerprint density at radius 1 is 1.24 bits per heavy atom. The van der Waals surface area contributed by atoms with Gasteiger partial charge in [0.05, 0.1) is 11.8 Å². The molecular weight excluding hydrogens is 290 g/mol. The maximum Gasteiger partial charge on any atom is 0.303 e. The molecule has 0 bridgehead atoms. The molecule has 0 aliphatic rings. The van der Waals surface area contributed by atoms with E-state index in [4.69, 9.17) is 5.11 Å². The van der Waals surface area contributed by atoms with Crippen molar-refractivity contribution in [1.29, 1.82) is 0 Å². The van der Waals surface area contributed by atoms with Gasteiger partial charge in [0.25, 0.3) is 0 Å². The Morgan fingerprint density at radius 2 is 1.81 bits per heavy atom. The number of hydrogen-bond donors (Lipinski definition) is 2. The molecule has 118 valence electrons. The van der Waals surface area contributed by atoms with Gasteiger partial charge in [0.1, 0.15) is 0 Å². The first-order valence-corrected chi connectivity index (χ1v) is 8.54. The Labute approximate surface area is 126 Å². The van der Waals surface area contributed by atoms with Gasteiger partial charge in [-0.25, -0.2) is 13.1 Å². The van der Waals surface area contributed by atoms with Crippen LogP contribution in [0.5, 0.6) is 0 Å². The zero-order chi connectivity index (χ0) is 16.1. The van der Waals surface area contributed by atoms with Crippen LogP contribution in [-0.4, -0.2) is 25.2 Å². The van der Waals surface area contributed by atoms with Crippen LogP contribution < -0.4 is 4.72 Å². The van der Waals surface area contributed by atoms with Crippen LogP contribution in [0.4, 0.5) is 0 Å². The van der Waals surface area contributed by atoms with Gasteiger partial charge >= 0.3 is 5.97 Å². The highest BCUT2D eigenvalue weighted by atomic mass is 32.2. The molecule has 1 rings (SSSR count). The minimum atomic E-state index is -3.52.